The van der Waals surface area contributed by atoms with Crippen LogP contribution in [-0.2, 0) is 0 Å². The van der Waals surface area contributed by atoms with Gasteiger partial charge in [0, 0.05) is 23.5 Å². The Morgan fingerprint density at radius 3 is 2.48 bits per heavy atom. The van der Waals surface area contributed by atoms with Crippen LogP contribution in [0.25, 0.3) is 22.6 Å². The Kier molecular flexibility index (Phi) is 3.97. The average molecular weight is 307 g/mol. The summed E-state index contributed by atoms with van der Waals surface area (Å²) in [5.74, 6) is -0.0649. The van der Waals surface area contributed by atoms with Crippen molar-refractivity contribution >= 4 is 5.97 Å². The maximum atomic E-state index is 11.3. The van der Waals surface area contributed by atoms with Crippen molar-refractivity contribution in [1.82, 2.24) is 15.0 Å². The Morgan fingerprint density at radius 2 is 1.87 bits per heavy atom. The van der Waals surface area contributed by atoms with Crippen LogP contribution in [0.2, 0.25) is 0 Å². The minimum absolute atomic E-state index is 0.0651. The summed E-state index contributed by atoms with van der Waals surface area (Å²) in [7, 11) is 1.59. The van der Waals surface area contributed by atoms with Gasteiger partial charge in [0.25, 0.3) is 0 Å². The van der Waals surface area contributed by atoms with Gasteiger partial charge in [0.15, 0.2) is 11.5 Å². The molecule has 0 spiro atoms. The summed E-state index contributed by atoms with van der Waals surface area (Å²) in [6.07, 6.45) is 3.23. The molecule has 0 saturated carbocycles. The lowest BCUT2D eigenvalue weighted by Crippen LogP contribution is -2.04. The maximum Gasteiger partial charge on any atom is 0.354 e. The molecule has 6 heteroatoms. The first kappa shape index (κ1) is 14.6. The third kappa shape index (κ3) is 3.16. The third-order valence-corrected chi connectivity index (χ3v) is 3.25. The summed E-state index contributed by atoms with van der Waals surface area (Å²) in [6, 6.07) is 12.2. The zero-order chi connectivity index (χ0) is 16.2. The summed E-state index contributed by atoms with van der Waals surface area (Å²) >= 11 is 0. The van der Waals surface area contributed by atoms with Gasteiger partial charge >= 0.3 is 5.97 Å². The van der Waals surface area contributed by atoms with Gasteiger partial charge in [-0.15, -0.1) is 0 Å². The highest BCUT2D eigenvalue weighted by Crippen LogP contribution is 2.24. The SMILES string of the molecule is COc1ccc(-c2cc(C(=O)O)nc(-c3cccnc3)n2)cc1. The van der Waals surface area contributed by atoms with Crippen LogP contribution >= 0.6 is 0 Å². The van der Waals surface area contributed by atoms with Gasteiger partial charge in [-0.1, -0.05) is 0 Å². The second-order valence-electron chi connectivity index (χ2n) is 4.74. The highest BCUT2D eigenvalue weighted by molar-refractivity contribution is 5.87. The number of aromatic carboxylic acids is 1. The number of carboxylic acids is 1. The summed E-state index contributed by atoms with van der Waals surface area (Å²) in [5, 5.41) is 9.28. The van der Waals surface area contributed by atoms with Gasteiger partial charge in [-0.05, 0) is 42.5 Å². The number of carboxylic acid groups (broad SMARTS) is 1. The Balaban J connectivity index is 2.12. The molecule has 0 saturated heterocycles. The first-order valence-corrected chi connectivity index (χ1v) is 6.84. The zero-order valence-corrected chi connectivity index (χ0v) is 12.3. The van der Waals surface area contributed by atoms with Crippen molar-refractivity contribution in [3.05, 3.63) is 60.6 Å². The van der Waals surface area contributed by atoms with Gasteiger partial charge < -0.3 is 9.84 Å². The number of aromatic nitrogens is 3. The van der Waals surface area contributed by atoms with Gasteiger partial charge in [0.1, 0.15) is 5.75 Å². The van der Waals surface area contributed by atoms with E-state index in [0.717, 1.165) is 5.56 Å². The summed E-state index contributed by atoms with van der Waals surface area (Å²) < 4.78 is 5.12. The lowest BCUT2D eigenvalue weighted by Gasteiger charge is -2.07. The van der Waals surface area contributed by atoms with E-state index in [-0.39, 0.29) is 5.69 Å². The smallest absolute Gasteiger partial charge is 0.354 e. The number of hydrogen-bond donors (Lipinski definition) is 1. The van der Waals surface area contributed by atoms with Crippen molar-refractivity contribution < 1.29 is 14.6 Å². The van der Waals surface area contributed by atoms with E-state index in [0.29, 0.717) is 22.8 Å². The van der Waals surface area contributed by atoms with Crippen LogP contribution in [-0.4, -0.2) is 33.1 Å². The largest absolute Gasteiger partial charge is 0.497 e. The molecule has 3 aromatic rings. The van der Waals surface area contributed by atoms with Crippen molar-refractivity contribution in [2.24, 2.45) is 0 Å². The van der Waals surface area contributed by atoms with Crippen molar-refractivity contribution in [2.45, 2.75) is 0 Å². The van der Waals surface area contributed by atoms with E-state index in [1.54, 1.807) is 43.8 Å². The van der Waals surface area contributed by atoms with E-state index in [1.807, 2.05) is 12.1 Å². The maximum absolute atomic E-state index is 11.3. The monoisotopic (exact) mass is 307 g/mol. The first-order valence-electron chi connectivity index (χ1n) is 6.84. The quantitative estimate of drug-likeness (QED) is 0.797. The number of hydrogen-bond acceptors (Lipinski definition) is 5. The fraction of sp³-hybridized carbons (Fsp3) is 0.0588. The molecule has 2 aromatic heterocycles. The molecule has 0 amide bonds. The second-order valence-corrected chi connectivity index (χ2v) is 4.74. The molecule has 0 radical (unpaired) electrons. The molecule has 0 unspecified atom stereocenters. The van der Waals surface area contributed by atoms with Crippen molar-refractivity contribution in [2.75, 3.05) is 7.11 Å². The number of carbonyl (C=O) groups is 1. The van der Waals surface area contributed by atoms with Crippen LogP contribution in [0, 0.1) is 0 Å². The summed E-state index contributed by atoms with van der Waals surface area (Å²) in [6.45, 7) is 0. The predicted molar refractivity (Wildman–Crippen MR) is 84.2 cm³/mol. The van der Waals surface area contributed by atoms with Gasteiger partial charge in [0.05, 0.1) is 12.8 Å². The van der Waals surface area contributed by atoms with E-state index in [9.17, 15) is 9.90 Å². The minimum atomic E-state index is -1.10. The highest BCUT2D eigenvalue weighted by atomic mass is 16.5. The number of methoxy groups -OCH3 is 1. The highest BCUT2D eigenvalue weighted by Gasteiger charge is 2.13. The molecule has 23 heavy (non-hydrogen) atoms. The normalized spacial score (nSPS) is 10.3. The minimum Gasteiger partial charge on any atom is -0.497 e. The van der Waals surface area contributed by atoms with Gasteiger partial charge in [0.2, 0.25) is 0 Å². The van der Waals surface area contributed by atoms with Crippen LogP contribution in [0.4, 0.5) is 0 Å². The van der Waals surface area contributed by atoms with Gasteiger partial charge in [-0.25, -0.2) is 14.8 Å². The Labute approximate surface area is 132 Å². The fourth-order valence-electron chi connectivity index (χ4n) is 2.09. The molecule has 0 bridgehead atoms. The molecule has 0 aliphatic heterocycles. The number of pyridine rings is 1. The second kappa shape index (κ2) is 6.23. The lowest BCUT2D eigenvalue weighted by molar-refractivity contribution is 0.0690. The van der Waals surface area contributed by atoms with E-state index < -0.39 is 5.97 Å². The first-order chi connectivity index (χ1) is 11.2. The van der Waals surface area contributed by atoms with Crippen molar-refractivity contribution in [3.8, 4) is 28.4 Å². The fourth-order valence-corrected chi connectivity index (χ4v) is 2.09. The lowest BCUT2D eigenvalue weighted by atomic mass is 10.1. The molecule has 0 aliphatic rings. The van der Waals surface area contributed by atoms with Crippen LogP contribution in [0.5, 0.6) is 5.75 Å². The molecule has 0 aliphatic carbocycles. The molecule has 1 aromatic carbocycles. The summed E-state index contributed by atoms with van der Waals surface area (Å²) in [4.78, 5) is 23.9. The summed E-state index contributed by atoms with van der Waals surface area (Å²) in [5.41, 5.74) is 1.90. The molecule has 6 nitrogen and oxygen atoms in total. The van der Waals surface area contributed by atoms with Crippen LogP contribution in [0.3, 0.4) is 0 Å². The van der Waals surface area contributed by atoms with Gasteiger partial charge in [-0.3, -0.25) is 4.98 Å². The van der Waals surface area contributed by atoms with Crippen molar-refractivity contribution in [3.63, 3.8) is 0 Å². The van der Waals surface area contributed by atoms with Gasteiger partial charge in [-0.2, -0.15) is 0 Å². The molecule has 0 atom stereocenters. The molecular formula is C17H13N3O3. The Hall–Kier alpha value is -3.28. The van der Waals surface area contributed by atoms with Crippen molar-refractivity contribution in [1.29, 1.82) is 0 Å². The molecule has 2 heterocycles. The Morgan fingerprint density at radius 1 is 1.09 bits per heavy atom. The van der Waals surface area contributed by atoms with Crippen LogP contribution in [0.15, 0.2) is 54.9 Å². The number of rotatable bonds is 4. The van der Waals surface area contributed by atoms with E-state index in [4.69, 9.17) is 4.74 Å². The van der Waals surface area contributed by atoms with Crippen LogP contribution in [0.1, 0.15) is 10.5 Å². The topological polar surface area (TPSA) is 85.2 Å². The zero-order valence-electron chi connectivity index (χ0n) is 12.3. The third-order valence-electron chi connectivity index (χ3n) is 3.25. The van der Waals surface area contributed by atoms with Crippen LogP contribution < -0.4 is 4.74 Å². The Bertz CT molecular complexity index is 833. The molecule has 3 rings (SSSR count). The molecule has 0 fully saturated rings. The van der Waals surface area contributed by atoms with E-state index in [1.165, 1.54) is 6.07 Å². The molecule has 1 N–H and O–H groups in total. The van der Waals surface area contributed by atoms with E-state index in [2.05, 4.69) is 15.0 Å². The number of benzene rings is 1. The number of ether oxygens (including phenoxy) is 1. The standard InChI is InChI=1S/C17H13N3O3/c1-23-13-6-4-11(5-7-13)14-9-15(17(21)22)20-16(19-14)12-3-2-8-18-10-12/h2-10H,1H3,(H,21,22). The molecule has 114 valence electrons. The predicted octanol–water partition coefficient (Wildman–Crippen LogP) is 2.91. The molecular weight excluding hydrogens is 294 g/mol. The van der Waals surface area contributed by atoms with E-state index >= 15 is 0 Å². The number of nitrogens with zero attached hydrogens (tertiary/aromatic N) is 3. The average Bonchev–Trinajstić information content (AvgIpc) is 2.62.